The van der Waals surface area contributed by atoms with Crippen LogP contribution in [-0.4, -0.2) is 58.0 Å². The van der Waals surface area contributed by atoms with Gasteiger partial charge in [-0.15, -0.1) is 0 Å². The molecule has 3 rings (SSSR count). The molecule has 0 spiro atoms. The lowest BCUT2D eigenvalue weighted by atomic mass is 9.87. The number of hydrogen-bond acceptors (Lipinski definition) is 3. The Hall–Kier alpha value is -1.10. The summed E-state index contributed by atoms with van der Waals surface area (Å²) in [6, 6.07) is -0.296. The second-order valence-corrected chi connectivity index (χ2v) is 6.30. The molecule has 3 fully saturated rings. The summed E-state index contributed by atoms with van der Waals surface area (Å²) < 4.78 is 0. The molecule has 1 N–H and O–H groups in total. The molecule has 2 aliphatic heterocycles. The highest BCUT2D eigenvalue weighted by Gasteiger charge is 2.54. The van der Waals surface area contributed by atoms with E-state index in [1.807, 2.05) is 0 Å². The van der Waals surface area contributed by atoms with Gasteiger partial charge in [0.1, 0.15) is 11.6 Å². The van der Waals surface area contributed by atoms with E-state index >= 15 is 0 Å². The quantitative estimate of drug-likeness (QED) is 0.785. The molecule has 5 nitrogen and oxygen atoms in total. The SMILES string of the molecule is CC(=O)N1CCCCC1C(=O)N1CC(O)(C2CC2)C1. The van der Waals surface area contributed by atoms with Crippen molar-refractivity contribution in [1.82, 2.24) is 9.80 Å². The van der Waals surface area contributed by atoms with Crippen LogP contribution in [0.1, 0.15) is 39.0 Å². The summed E-state index contributed by atoms with van der Waals surface area (Å²) in [5.41, 5.74) is -0.634. The third-order valence-corrected chi connectivity index (χ3v) is 4.77. The summed E-state index contributed by atoms with van der Waals surface area (Å²) in [6.45, 7) is 3.13. The highest BCUT2D eigenvalue weighted by Crippen LogP contribution is 2.44. The monoisotopic (exact) mass is 266 g/mol. The molecular formula is C14H22N2O3. The van der Waals surface area contributed by atoms with Crippen LogP contribution in [0.15, 0.2) is 0 Å². The Morgan fingerprint density at radius 2 is 1.84 bits per heavy atom. The first-order valence-corrected chi connectivity index (χ1v) is 7.30. The Labute approximate surface area is 113 Å². The average Bonchev–Trinajstić information content (AvgIpc) is 3.18. The molecular weight excluding hydrogens is 244 g/mol. The predicted octanol–water partition coefficient (Wildman–Crippen LogP) is 0.371. The van der Waals surface area contributed by atoms with E-state index in [0.29, 0.717) is 25.6 Å². The van der Waals surface area contributed by atoms with Crippen LogP contribution in [0, 0.1) is 5.92 Å². The standard InChI is InChI=1S/C14H22N2O3/c1-10(17)16-7-3-2-4-12(16)13(18)15-8-14(19,9-15)11-5-6-11/h11-12,19H,2-9H2,1H3. The maximum atomic E-state index is 12.4. The van der Waals surface area contributed by atoms with Crippen LogP contribution in [0.2, 0.25) is 0 Å². The van der Waals surface area contributed by atoms with Crippen LogP contribution >= 0.6 is 0 Å². The second kappa shape index (κ2) is 4.47. The molecule has 2 amide bonds. The van der Waals surface area contributed by atoms with Crippen LogP contribution in [0.25, 0.3) is 0 Å². The number of aliphatic hydroxyl groups is 1. The highest BCUT2D eigenvalue weighted by atomic mass is 16.3. The van der Waals surface area contributed by atoms with Crippen molar-refractivity contribution in [1.29, 1.82) is 0 Å². The van der Waals surface area contributed by atoms with Crippen molar-refractivity contribution in [2.24, 2.45) is 5.92 Å². The fraction of sp³-hybridized carbons (Fsp3) is 0.857. The highest BCUT2D eigenvalue weighted by molar-refractivity contribution is 5.87. The Kier molecular flexibility index (Phi) is 3.04. The molecule has 1 atom stereocenters. The van der Waals surface area contributed by atoms with E-state index in [-0.39, 0.29) is 17.9 Å². The van der Waals surface area contributed by atoms with E-state index in [1.54, 1.807) is 9.80 Å². The van der Waals surface area contributed by atoms with Crippen LogP contribution in [0.3, 0.4) is 0 Å². The molecule has 3 aliphatic rings. The predicted molar refractivity (Wildman–Crippen MR) is 69.3 cm³/mol. The number of amides is 2. The topological polar surface area (TPSA) is 60.9 Å². The van der Waals surface area contributed by atoms with Gasteiger partial charge in [0.25, 0.3) is 0 Å². The molecule has 0 aromatic rings. The fourth-order valence-electron chi connectivity index (χ4n) is 3.43. The molecule has 5 heteroatoms. The van der Waals surface area contributed by atoms with Crippen molar-refractivity contribution >= 4 is 11.8 Å². The molecule has 2 heterocycles. The normalized spacial score (nSPS) is 29.9. The van der Waals surface area contributed by atoms with Gasteiger partial charge in [-0.1, -0.05) is 0 Å². The number of β-amino-alcohol motifs (C(OH)–C–C–N with tert-alkyl or cyclic N) is 1. The van der Waals surface area contributed by atoms with Crippen LogP contribution < -0.4 is 0 Å². The lowest BCUT2D eigenvalue weighted by molar-refractivity contribution is -0.167. The Morgan fingerprint density at radius 1 is 1.16 bits per heavy atom. The number of hydrogen-bond donors (Lipinski definition) is 1. The van der Waals surface area contributed by atoms with E-state index in [1.165, 1.54) is 6.92 Å². The minimum absolute atomic E-state index is 0.0176. The summed E-state index contributed by atoms with van der Waals surface area (Å²) >= 11 is 0. The van der Waals surface area contributed by atoms with E-state index in [9.17, 15) is 14.7 Å². The number of nitrogens with zero attached hydrogens (tertiary/aromatic N) is 2. The van der Waals surface area contributed by atoms with Gasteiger partial charge in [-0.05, 0) is 38.0 Å². The molecule has 0 aromatic carbocycles. The number of piperidine rings is 1. The van der Waals surface area contributed by atoms with Crippen LogP contribution in [0.5, 0.6) is 0 Å². The van der Waals surface area contributed by atoms with Gasteiger partial charge >= 0.3 is 0 Å². The maximum absolute atomic E-state index is 12.4. The van der Waals surface area contributed by atoms with Crippen LogP contribution in [-0.2, 0) is 9.59 Å². The largest absolute Gasteiger partial charge is 0.386 e. The molecule has 0 aromatic heterocycles. The smallest absolute Gasteiger partial charge is 0.245 e. The Morgan fingerprint density at radius 3 is 2.42 bits per heavy atom. The van der Waals surface area contributed by atoms with Gasteiger partial charge < -0.3 is 14.9 Å². The molecule has 1 saturated carbocycles. The van der Waals surface area contributed by atoms with Gasteiger partial charge in [-0.2, -0.15) is 0 Å². The van der Waals surface area contributed by atoms with E-state index in [0.717, 1.165) is 32.1 Å². The Bertz CT molecular complexity index is 399. The van der Waals surface area contributed by atoms with Crippen molar-refractivity contribution in [3.05, 3.63) is 0 Å². The third-order valence-electron chi connectivity index (χ3n) is 4.77. The van der Waals surface area contributed by atoms with Gasteiger partial charge in [0.15, 0.2) is 0 Å². The van der Waals surface area contributed by atoms with Gasteiger partial charge in [0.05, 0.1) is 13.1 Å². The van der Waals surface area contributed by atoms with Crippen molar-refractivity contribution in [3.63, 3.8) is 0 Å². The molecule has 0 bridgehead atoms. The summed E-state index contributed by atoms with van der Waals surface area (Å²) in [6.07, 6.45) is 4.91. The minimum atomic E-state index is -0.634. The van der Waals surface area contributed by atoms with Gasteiger partial charge in [-0.3, -0.25) is 9.59 Å². The lowest BCUT2D eigenvalue weighted by Crippen LogP contribution is -2.68. The second-order valence-electron chi connectivity index (χ2n) is 6.30. The molecule has 19 heavy (non-hydrogen) atoms. The molecule has 1 aliphatic carbocycles. The van der Waals surface area contributed by atoms with E-state index < -0.39 is 5.60 Å². The van der Waals surface area contributed by atoms with Crippen molar-refractivity contribution in [2.75, 3.05) is 19.6 Å². The first-order chi connectivity index (χ1) is 9.01. The molecule has 0 radical (unpaired) electrons. The van der Waals surface area contributed by atoms with Crippen molar-refractivity contribution < 1.29 is 14.7 Å². The van der Waals surface area contributed by atoms with Gasteiger partial charge in [0, 0.05) is 13.5 Å². The van der Waals surface area contributed by atoms with Crippen LogP contribution in [0.4, 0.5) is 0 Å². The Balaban J connectivity index is 1.62. The summed E-state index contributed by atoms with van der Waals surface area (Å²) in [5.74, 6) is 0.406. The van der Waals surface area contributed by atoms with Gasteiger partial charge in [-0.25, -0.2) is 0 Å². The zero-order valence-electron chi connectivity index (χ0n) is 11.5. The van der Waals surface area contributed by atoms with E-state index in [2.05, 4.69) is 0 Å². The zero-order chi connectivity index (χ0) is 13.6. The minimum Gasteiger partial charge on any atom is -0.386 e. The zero-order valence-corrected chi connectivity index (χ0v) is 11.5. The first-order valence-electron chi connectivity index (χ1n) is 7.30. The average molecular weight is 266 g/mol. The first kappa shape index (κ1) is 12.9. The van der Waals surface area contributed by atoms with Gasteiger partial charge in [0.2, 0.25) is 11.8 Å². The molecule has 106 valence electrons. The fourth-order valence-corrected chi connectivity index (χ4v) is 3.43. The molecule has 2 saturated heterocycles. The third kappa shape index (κ3) is 2.24. The molecule has 1 unspecified atom stereocenters. The number of rotatable bonds is 2. The number of likely N-dealkylation sites (tertiary alicyclic amines) is 2. The maximum Gasteiger partial charge on any atom is 0.245 e. The van der Waals surface area contributed by atoms with Crippen molar-refractivity contribution in [3.8, 4) is 0 Å². The number of carbonyl (C=O) groups excluding carboxylic acids is 2. The summed E-state index contributed by atoms with van der Waals surface area (Å²) in [4.78, 5) is 27.5. The number of carbonyl (C=O) groups is 2. The lowest BCUT2D eigenvalue weighted by Gasteiger charge is -2.49. The van der Waals surface area contributed by atoms with Crippen molar-refractivity contribution in [2.45, 2.75) is 50.7 Å². The summed E-state index contributed by atoms with van der Waals surface area (Å²) in [5, 5.41) is 10.3. The summed E-state index contributed by atoms with van der Waals surface area (Å²) in [7, 11) is 0. The van der Waals surface area contributed by atoms with E-state index in [4.69, 9.17) is 0 Å².